The topological polar surface area (TPSA) is 52.7 Å². The van der Waals surface area contributed by atoms with Gasteiger partial charge in [-0.25, -0.2) is 0 Å². The third kappa shape index (κ3) is 3.54. The Morgan fingerprint density at radius 1 is 1.33 bits per heavy atom. The normalized spacial score (nSPS) is 15.9. The number of likely N-dealkylation sites (N-methyl/N-ethyl adjacent to an activating group) is 1. The largest absolute Gasteiger partial charge is 0.385 e. The van der Waals surface area contributed by atoms with Gasteiger partial charge in [-0.2, -0.15) is 0 Å². The summed E-state index contributed by atoms with van der Waals surface area (Å²) in [6.07, 6.45) is 0.822. The molecule has 1 fully saturated rings. The highest BCUT2D eigenvalue weighted by Crippen LogP contribution is 2.18. The van der Waals surface area contributed by atoms with Crippen molar-refractivity contribution in [3.63, 3.8) is 0 Å². The van der Waals surface area contributed by atoms with Gasteiger partial charge in [-0.3, -0.25) is 9.59 Å². The van der Waals surface area contributed by atoms with E-state index in [0.29, 0.717) is 18.7 Å². The van der Waals surface area contributed by atoms with Crippen LogP contribution in [-0.2, 0) is 4.79 Å². The Hall–Kier alpha value is -2.04. The molecule has 5 nitrogen and oxygen atoms in total. The summed E-state index contributed by atoms with van der Waals surface area (Å²) in [6.45, 7) is 6.38. The Labute approximate surface area is 125 Å². The molecule has 2 rings (SSSR count). The molecule has 1 saturated heterocycles. The number of amides is 2. The van der Waals surface area contributed by atoms with Gasteiger partial charge in [0.2, 0.25) is 5.91 Å². The highest BCUT2D eigenvalue weighted by molar-refractivity contribution is 5.97. The summed E-state index contributed by atoms with van der Waals surface area (Å²) in [5.74, 6) is -0.0633. The first-order valence-electron chi connectivity index (χ1n) is 7.40. The van der Waals surface area contributed by atoms with Gasteiger partial charge in [0.25, 0.3) is 5.91 Å². The minimum Gasteiger partial charge on any atom is -0.385 e. The van der Waals surface area contributed by atoms with Gasteiger partial charge in [0.05, 0.1) is 0 Å². The van der Waals surface area contributed by atoms with E-state index in [1.807, 2.05) is 32.0 Å². The average Bonchev–Trinajstić information content (AvgIpc) is 2.63. The molecule has 1 aliphatic heterocycles. The molecule has 1 heterocycles. The van der Waals surface area contributed by atoms with Crippen LogP contribution in [0, 0.1) is 6.92 Å². The maximum Gasteiger partial charge on any atom is 0.254 e. The van der Waals surface area contributed by atoms with E-state index in [1.165, 1.54) is 0 Å². The zero-order valence-corrected chi connectivity index (χ0v) is 13.0. The molecule has 0 aliphatic carbocycles. The fourth-order valence-electron chi connectivity index (χ4n) is 2.53. The van der Waals surface area contributed by atoms with Crippen LogP contribution in [0.1, 0.15) is 29.3 Å². The third-order valence-electron chi connectivity index (χ3n) is 3.80. The van der Waals surface area contributed by atoms with Crippen LogP contribution < -0.4 is 5.32 Å². The molecule has 1 aliphatic rings. The quantitative estimate of drug-likeness (QED) is 0.922. The van der Waals surface area contributed by atoms with E-state index < -0.39 is 0 Å². The minimum atomic E-state index is -0.0650. The molecule has 0 bridgehead atoms. The predicted octanol–water partition coefficient (Wildman–Crippen LogP) is 1.73. The second kappa shape index (κ2) is 6.61. The molecule has 0 radical (unpaired) electrons. The zero-order valence-electron chi connectivity index (χ0n) is 13.0. The van der Waals surface area contributed by atoms with Crippen LogP contribution in [0.2, 0.25) is 0 Å². The zero-order chi connectivity index (χ0) is 15.4. The van der Waals surface area contributed by atoms with Crippen molar-refractivity contribution in [2.45, 2.75) is 20.3 Å². The first-order chi connectivity index (χ1) is 10.0. The number of anilines is 1. The van der Waals surface area contributed by atoms with E-state index in [4.69, 9.17) is 0 Å². The summed E-state index contributed by atoms with van der Waals surface area (Å²) in [7, 11) is 1.78. The molecule has 114 valence electrons. The molecule has 0 saturated carbocycles. The van der Waals surface area contributed by atoms with Crippen molar-refractivity contribution in [1.29, 1.82) is 0 Å². The van der Waals surface area contributed by atoms with Crippen LogP contribution >= 0.6 is 0 Å². The minimum absolute atomic E-state index is 0.00171. The Kier molecular flexibility index (Phi) is 4.83. The highest BCUT2D eigenvalue weighted by atomic mass is 16.2. The molecule has 1 aromatic rings. The van der Waals surface area contributed by atoms with E-state index >= 15 is 0 Å². The van der Waals surface area contributed by atoms with Gasteiger partial charge in [0.15, 0.2) is 0 Å². The van der Waals surface area contributed by atoms with E-state index in [0.717, 1.165) is 24.2 Å². The number of nitrogens with one attached hydrogen (secondary N) is 1. The summed E-state index contributed by atoms with van der Waals surface area (Å²) in [6, 6.07) is 5.64. The lowest BCUT2D eigenvalue weighted by molar-refractivity contribution is -0.129. The van der Waals surface area contributed by atoms with Crippen LogP contribution in [0.5, 0.6) is 0 Å². The van der Waals surface area contributed by atoms with E-state index in [1.54, 1.807) is 16.8 Å². The van der Waals surface area contributed by atoms with E-state index in [9.17, 15) is 9.59 Å². The van der Waals surface area contributed by atoms with Crippen molar-refractivity contribution in [1.82, 2.24) is 9.80 Å². The molecule has 1 aromatic carbocycles. The number of nitrogens with zero attached hydrogens (tertiary/aromatic N) is 2. The predicted molar refractivity (Wildman–Crippen MR) is 83.5 cm³/mol. The molecule has 0 aromatic heterocycles. The molecule has 5 heteroatoms. The van der Waals surface area contributed by atoms with Crippen molar-refractivity contribution >= 4 is 17.5 Å². The van der Waals surface area contributed by atoms with Crippen molar-refractivity contribution in [3.8, 4) is 0 Å². The van der Waals surface area contributed by atoms with Gasteiger partial charge in [-0.1, -0.05) is 0 Å². The first kappa shape index (κ1) is 15.4. The number of hydrogen-bond acceptors (Lipinski definition) is 3. The lowest BCUT2D eigenvalue weighted by Crippen LogP contribution is -2.38. The monoisotopic (exact) mass is 289 g/mol. The lowest BCUT2D eigenvalue weighted by Gasteiger charge is -2.20. The van der Waals surface area contributed by atoms with E-state index in [-0.39, 0.29) is 18.4 Å². The van der Waals surface area contributed by atoms with Crippen molar-refractivity contribution in [2.24, 2.45) is 0 Å². The summed E-state index contributed by atoms with van der Waals surface area (Å²) < 4.78 is 0. The first-order valence-corrected chi connectivity index (χ1v) is 7.40. The second-order valence-electron chi connectivity index (χ2n) is 5.46. The molecule has 0 unspecified atom stereocenters. The average molecular weight is 289 g/mol. The maximum absolute atomic E-state index is 12.6. The van der Waals surface area contributed by atoms with Crippen molar-refractivity contribution < 1.29 is 9.59 Å². The molecule has 0 atom stereocenters. The SMILES string of the molecule is CCNc1ccc(C(=O)N2CCCN(C)C(=O)C2)cc1C. The van der Waals surface area contributed by atoms with Crippen LogP contribution in [-0.4, -0.2) is 54.8 Å². The number of rotatable bonds is 3. The molecular formula is C16H23N3O2. The summed E-state index contributed by atoms with van der Waals surface area (Å²) in [5, 5.41) is 3.26. The van der Waals surface area contributed by atoms with Gasteiger partial charge in [0.1, 0.15) is 6.54 Å². The number of benzene rings is 1. The molecule has 2 amide bonds. The van der Waals surface area contributed by atoms with Crippen LogP contribution in [0.15, 0.2) is 18.2 Å². The standard InChI is InChI=1S/C16H23N3O2/c1-4-17-14-7-6-13(10-12(14)2)16(21)19-9-5-8-18(3)15(20)11-19/h6-7,10,17H,4-5,8-9,11H2,1-3H3. The van der Waals surface area contributed by atoms with Crippen LogP contribution in [0.25, 0.3) is 0 Å². The van der Waals surface area contributed by atoms with Gasteiger partial charge in [-0.15, -0.1) is 0 Å². The Bertz CT molecular complexity index is 542. The lowest BCUT2D eigenvalue weighted by atomic mass is 10.1. The maximum atomic E-state index is 12.6. The molecular weight excluding hydrogens is 266 g/mol. The number of aryl methyl sites for hydroxylation is 1. The molecule has 21 heavy (non-hydrogen) atoms. The summed E-state index contributed by atoms with van der Waals surface area (Å²) in [5.41, 5.74) is 2.73. The molecule has 1 N–H and O–H groups in total. The number of carbonyl (C=O) groups is 2. The fourth-order valence-corrected chi connectivity index (χ4v) is 2.53. The van der Waals surface area contributed by atoms with E-state index in [2.05, 4.69) is 5.32 Å². The fraction of sp³-hybridized carbons (Fsp3) is 0.500. The highest BCUT2D eigenvalue weighted by Gasteiger charge is 2.23. The smallest absolute Gasteiger partial charge is 0.254 e. The Balaban J connectivity index is 2.15. The third-order valence-corrected chi connectivity index (χ3v) is 3.80. The summed E-state index contributed by atoms with van der Waals surface area (Å²) >= 11 is 0. The van der Waals surface area contributed by atoms with Crippen LogP contribution in [0.4, 0.5) is 5.69 Å². The van der Waals surface area contributed by atoms with Crippen molar-refractivity contribution in [3.05, 3.63) is 29.3 Å². The van der Waals surface area contributed by atoms with Gasteiger partial charge < -0.3 is 15.1 Å². The number of hydrogen-bond donors (Lipinski definition) is 1. The van der Waals surface area contributed by atoms with Gasteiger partial charge in [0, 0.05) is 37.9 Å². The molecule has 0 spiro atoms. The van der Waals surface area contributed by atoms with Gasteiger partial charge in [-0.05, 0) is 44.0 Å². The summed E-state index contributed by atoms with van der Waals surface area (Å²) in [4.78, 5) is 27.8. The number of carbonyl (C=O) groups excluding carboxylic acids is 2. The second-order valence-corrected chi connectivity index (χ2v) is 5.46. The van der Waals surface area contributed by atoms with Gasteiger partial charge >= 0.3 is 0 Å². The Morgan fingerprint density at radius 3 is 2.76 bits per heavy atom. The Morgan fingerprint density at radius 2 is 2.10 bits per heavy atom. The van der Waals surface area contributed by atoms with Crippen LogP contribution in [0.3, 0.4) is 0 Å². The van der Waals surface area contributed by atoms with Crippen molar-refractivity contribution in [2.75, 3.05) is 38.5 Å².